The number of hydrogen-bond acceptors (Lipinski definition) is 3. The fraction of sp³-hybridized carbons (Fsp3) is 0.444. The molecule has 0 spiro atoms. The number of fused-ring (bicyclic) bond motifs is 1. The van der Waals surface area contributed by atoms with E-state index in [1.807, 2.05) is 43.8 Å². The van der Waals surface area contributed by atoms with E-state index in [1.54, 1.807) is 24.3 Å². The molecule has 24 heavy (non-hydrogen) atoms. The zero-order chi connectivity index (χ0) is 17.5. The average molecular weight is 348 g/mol. The Bertz CT molecular complexity index is 826. The molecular weight excluding hydrogens is 324 g/mol. The van der Waals surface area contributed by atoms with Gasteiger partial charge in [0, 0.05) is 37.5 Å². The molecule has 0 unspecified atom stereocenters. The first-order valence-electron chi connectivity index (χ1n) is 8.21. The first-order chi connectivity index (χ1) is 11.3. The zero-order valence-electron chi connectivity index (χ0n) is 14.3. The largest absolute Gasteiger partial charge is 0.387 e. The van der Waals surface area contributed by atoms with E-state index in [2.05, 4.69) is 0 Å². The summed E-state index contributed by atoms with van der Waals surface area (Å²) >= 11 is 0. The van der Waals surface area contributed by atoms with Gasteiger partial charge in [-0.25, -0.2) is 8.42 Å². The van der Waals surface area contributed by atoms with Crippen LogP contribution in [-0.2, 0) is 23.5 Å². The molecule has 1 aromatic carbocycles. The Hall–Kier alpha value is -1.63. The highest BCUT2D eigenvalue weighted by Crippen LogP contribution is 2.38. The van der Waals surface area contributed by atoms with Crippen LogP contribution in [0.2, 0.25) is 0 Å². The molecule has 2 aromatic rings. The summed E-state index contributed by atoms with van der Waals surface area (Å²) in [6.45, 7) is 4.37. The van der Waals surface area contributed by atoms with Gasteiger partial charge >= 0.3 is 0 Å². The molecule has 0 saturated heterocycles. The Morgan fingerprint density at radius 2 is 1.88 bits per heavy atom. The molecule has 130 valence electrons. The lowest BCUT2D eigenvalue weighted by Gasteiger charge is -2.40. The van der Waals surface area contributed by atoms with Crippen LogP contribution in [0.5, 0.6) is 0 Å². The number of aromatic nitrogens is 1. The van der Waals surface area contributed by atoms with Gasteiger partial charge in [-0.1, -0.05) is 32.0 Å². The second kappa shape index (κ2) is 6.35. The predicted octanol–water partition coefficient (Wildman–Crippen LogP) is 2.33. The molecule has 5 nitrogen and oxygen atoms in total. The lowest BCUT2D eigenvalue weighted by Crippen LogP contribution is -2.50. The summed E-state index contributed by atoms with van der Waals surface area (Å²) in [6, 6.07) is 10.2. The van der Waals surface area contributed by atoms with Crippen molar-refractivity contribution in [2.45, 2.75) is 37.3 Å². The van der Waals surface area contributed by atoms with E-state index in [1.165, 1.54) is 4.31 Å². The third-order valence-corrected chi connectivity index (χ3v) is 6.54. The van der Waals surface area contributed by atoms with Crippen molar-refractivity contribution < 1.29 is 13.5 Å². The molecular formula is C18H24N2O3S. The van der Waals surface area contributed by atoms with E-state index < -0.39 is 22.2 Å². The van der Waals surface area contributed by atoms with Crippen LogP contribution in [0.3, 0.4) is 0 Å². The summed E-state index contributed by atoms with van der Waals surface area (Å²) in [6.07, 6.45) is 1.57. The van der Waals surface area contributed by atoms with Gasteiger partial charge in [0.05, 0.1) is 17.0 Å². The number of sulfonamides is 1. The van der Waals surface area contributed by atoms with E-state index in [0.29, 0.717) is 18.5 Å². The van der Waals surface area contributed by atoms with Crippen LogP contribution in [0.1, 0.15) is 31.2 Å². The van der Waals surface area contributed by atoms with Crippen molar-refractivity contribution in [1.29, 1.82) is 0 Å². The Morgan fingerprint density at radius 1 is 1.17 bits per heavy atom. The van der Waals surface area contributed by atoms with Gasteiger partial charge in [-0.3, -0.25) is 0 Å². The maximum absolute atomic E-state index is 13.1. The number of aliphatic hydroxyl groups is 1. The number of aliphatic hydroxyl groups excluding tert-OH is 1. The summed E-state index contributed by atoms with van der Waals surface area (Å²) in [7, 11) is -1.68. The van der Waals surface area contributed by atoms with E-state index in [0.717, 1.165) is 5.69 Å². The summed E-state index contributed by atoms with van der Waals surface area (Å²) in [5.41, 5.74) is 1.50. The van der Waals surface area contributed by atoms with Gasteiger partial charge in [-0.05, 0) is 24.1 Å². The SMILES string of the molecule is CC(C)CN1[C@H](Cc2cccn2C)[C@@H](O)c2ccccc2S1(=O)=O. The van der Waals surface area contributed by atoms with Crippen molar-refractivity contribution in [2.24, 2.45) is 13.0 Å². The van der Waals surface area contributed by atoms with Gasteiger partial charge in [0.25, 0.3) is 0 Å². The first-order valence-corrected chi connectivity index (χ1v) is 9.65. The van der Waals surface area contributed by atoms with Crippen LogP contribution < -0.4 is 0 Å². The molecule has 0 saturated carbocycles. The molecule has 1 aliphatic rings. The molecule has 2 heterocycles. The van der Waals surface area contributed by atoms with E-state index in [9.17, 15) is 13.5 Å². The highest BCUT2D eigenvalue weighted by molar-refractivity contribution is 7.89. The number of aryl methyl sites for hydroxylation is 1. The lowest BCUT2D eigenvalue weighted by atomic mass is 9.97. The molecule has 0 fully saturated rings. The number of nitrogens with zero attached hydrogens (tertiary/aromatic N) is 2. The molecule has 0 radical (unpaired) electrons. The van der Waals surface area contributed by atoms with Crippen LogP contribution in [0, 0.1) is 5.92 Å². The molecule has 1 aliphatic heterocycles. The van der Waals surface area contributed by atoms with Gasteiger partial charge < -0.3 is 9.67 Å². The fourth-order valence-corrected chi connectivity index (χ4v) is 5.39. The number of rotatable bonds is 4. The van der Waals surface area contributed by atoms with Gasteiger partial charge in [0.2, 0.25) is 10.0 Å². The van der Waals surface area contributed by atoms with Crippen molar-refractivity contribution in [3.05, 3.63) is 53.9 Å². The van der Waals surface area contributed by atoms with E-state index >= 15 is 0 Å². The summed E-state index contributed by atoms with van der Waals surface area (Å²) in [5.74, 6) is 0.174. The standard InChI is InChI=1S/C18H24N2O3S/c1-13(2)12-20-16(11-14-7-6-10-19(14)3)18(21)15-8-4-5-9-17(15)24(20,22)23/h4-10,13,16,18,21H,11-12H2,1-3H3/t16-,18+/m1/s1. The maximum atomic E-state index is 13.1. The minimum Gasteiger partial charge on any atom is -0.387 e. The first kappa shape index (κ1) is 17.2. The van der Waals surface area contributed by atoms with Crippen LogP contribution in [0.4, 0.5) is 0 Å². The van der Waals surface area contributed by atoms with E-state index in [4.69, 9.17) is 0 Å². The Balaban J connectivity index is 2.09. The molecule has 3 rings (SSSR count). The lowest BCUT2D eigenvalue weighted by molar-refractivity contribution is 0.0745. The Morgan fingerprint density at radius 3 is 2.50 bits per heavy atom. The van der Waals surface area contributed by atoms with Crippen LogP contribution >= 0.6 is 0 Å². The minimum atomic E-state index is -3.61. The van der Waals surface area contributed by atoms with Gasteiger partial charge in [0.1, 0.15) is 0 Å². The van der Waals surface area contributed by atoms with Crippen molar-refractivity contribution in [1.82, 2.24) is 8.87 Å². The van der Waals surface area contributed by atoms with E-state index in [-0.39, 0.29) is 10.8 Å². The normalized spacial score (nSPS) is 23.4. The summed E-state index contributed by atoms with van der Waals surface area (Å²) in [4.78, 5) is 0.223. The third kappa shape index (κ3) is 2.90. The Labute approximate surface area is 143 Å². The molecule has 6 heteroatoms. The Kier molecular flexibility index (Phi) is 4.55. The third-order valence-electron chi connectivity index (χ3n) is 4.57. The van der Waals surface area contributed by atoms with Crippen LogP contribution in [-0.4, -0.2) is 35.0 Å². The second-order valence-corrected chi connectivity index (χ2v) is 8.69. The second-order valence-electron chi connectivity index (χ2n) is 6.83. The maximum Gasteiger partial charge on any atom is 0.243 e. The smallest absolute Gasteiger partial charge is 0.243 e. The van der Waals surface area contributed by atoms with Crippen LogP contribution in [0.15, 0.2) is 47.5 Å². The summed E-state index contributed by atoms with van der Waals surface area (Å²) in [5, 5.41) is 10.9. The minimum absolute atomic E-state index is 0.174. The van der Waals surface area contributed by atoms with Crippen molar-refractivity contribution in [3.8, 4) is 0 Å². The number of hydrogen-bond donors (Lipinski definition) is 1. The topological polar surface area (TPSA) is 62.5 Å². The van der Waals surface area contributed by atoms with Crippen molar-refractivity contribution in [2.75, 3.05) is 6.54 Å². The molecule has 2 atom stereocenters. The quantitative estimate of drug-likeness (QED) is 0.922. The molecule has 0 aliphatic carbocycles. The molecule has 1 N–H and O–H groups in total. The predicted molar refractivity (Wildman–Crippen MR) is 93.0 cm³/mol. The van der Waals surface area contributed by atoms with Crippen LogP contribution in [0.25, 0.3) is 0 Å². The highest BCUT2D eigenvalue weighted by atomic mass is 32.2. The monoisotopic (exact) mass is 348 g/mol. The summed E-state index contributed by atoms with van der Waals surface area (Å²) < 4.78 is 29.7. The molecule has 1 aromatic heterocycles. The average Bonchev–Trinajstić information content (AvgIpc) is 2.93. The van der Waals surface area contributed by atoms with Gasteiger partial charge in [-0.2, -0.15) is 4.31 Å². The molecule has 0 bridgehead atoms. The van der Waals surface area contributed by atoms with Gasteiger partial charge in [-0.15, -0.1) is 0 Å². The van der Waals surface area contributed by atoms with Gasteiger partial charge in [0.15, 0.2) is 0 Å². The number of benzene rings is 1. The fourth-order valence-electron chi connectivity index (χ4n) is 3.36. The highest BCUT2D eigenvalue weighted by Gasteiger charge is 2.43. The van der Waals surface area contributed by atoms with Crippen molar-refractivity contribution in [3.63, 3.8) is 0 Å². The zero-order valence-corrected chi connectivity index (χ0v) is 15.1. The van der Waals surface area contributed by atoms with Crippen molar-refractivity contribution >= 4 is 10.0 Å². The molecule has 0 amide bonds.